The van der Waals surface area contributed by atoms with Crippen LogP contribution in [0.25, 0.3) is 10.9 Å². The second kappa shape index (κ2) is 13.2. The highest BCUT2D eigenvalue weighted by atomic mass is 35.5. The number of aliphatic hydroxyl groups is 2. The fraction of sp³-hybridized carbons (Fsp3) is 0.207. The molecule has 4 aromatic rings. The van der Waals surface area contributed by atoms with Crippen molar-refractivity contribution in [3.8, 4) is 11.5 Å². The van der Waals surface area contributed by atoms with E-state index in [0.717, 1.165) is 5.56 Å². The first kappa shape index (κ1) is 28.0. The van der Waals surface area contributed by atoms with Crippen molar-refractivity contribution in [1.29, 1.82) is 0 Å². The van der Waals surface area contributed by atoms with Crippen LogP contribution in [-0.4, -0.2) is 57.9 Å². The third kappa shape index (κ3) is 7.52. The average molecular weight is 550 g/mol. The number of nitrogens with one attached hydrogen (secondary N) is 2. The summed E-state index contributed by atoms with van der Waals surface area (Å²) in [5, 5.41) is 35.8. The Hall–Kier alpha value is -4.02. The number of hydrogen-bond acceptors (Lipinski definition) is 7. The number of carboxylic acid groups (broad SMARTS) is 1. The summed E-state index contributed by atoms with van der Waals surface area (Å²) >= 11 is 6.00. The largest absolute Gasteiger partial charge is 0.480 e. The summed E-state index contributed by atoms with van der Waals surface area (Å²) in [6.07, 6.45) is 1.30. The highest BCUT2D eigenvalue weighted by Gasteiger charge is 2.16. The molecule has 0 bridgehead atoms. The molecule has 0 aliphatic rings. The van der Waals surface area contributed by atoms with E-state index in [-0.39, 0.29) is 24.8 Å². The summed E-state index contributed by atoms with van der Waals surface area (Å²) in [7, 11) is 0. The third-order valence-electron chi connectivity index (χ3n) is 6.06. The van der Waals surface area contributed by atoms with Crippen molar-refractivity contribution in [1.82, 2.24) is 15.6 Å². The molecule has 2 atom stereocenters. The number of hydrogen-bond donors (Lipinski definition) is 5. The van der Waals surface area contributed by atoms with Gasteiger partial charge in [0.15, 0.2) is 0 Å². The normalized spacial score (nSPS) is 12.6. The van der Waals surface area contributed by atoms with E-state index in [1.54, 1.807) is 60.7 Å². The van der Waals surface area contributed by atoms with E-state index >= 15 is 0 Å². The fourth-order valence-electron chi connectivity index (χ4n) is 4.09. The molecule has 0 saturated heterocycles. The van der Waals surface area contributed by atoms with Gasteiger partial charge in [0.25, 0.3) is 5.91 Å². The zero-order valence-corrected chi connectivity index (χ0v) is 21.6. The quantitative estimate of drug-likeness (QED) is 0.180. The summed E-state index contributed by atoms with van der Waals surface area (Å²) in [6, 6.07) is 20.9. The van der Waals surface area contributed by atoms with E-state index in [1.165, 1.54) is 6.20 Å². The summed E-state index contributed by atoms with van der Waals surface area (Å²) < 4.78 is 6.07. The van der Waals surface area contributed by atoms with Gasteiger partial charge in [-0.15, -0.1) is 0 Å². The van der Waals surface area contributed by atoms with Crippen LogP contribution in [0.2, 0.25) is 5.02 Å². The molecule has 9 nitrogen and oxygen atoms in total. The van der Waals surface area contributed by atoms with Crippen molar-refractivity contribution in [3.05, 3.63) is 101 Å². The molecule has 39 heavy (non-hydrogen) atoms. The van der Waals surface area contributed by atoms with Crippen molar-refractivity contribution in [2.45, 2.75) is 18.6 Å². The zero-order chi connectivity index (χ0) is 27.8. The number of nitrogens with zero attached hydrogens (tertiary/aromatic N) is 1. The fourth-order valence-corrected chi connectivity index (χ4v) is 4.29. The van der Waals surface area contributed by atoms with Gasteiger partial charge in [-0.05, 0) is 60.0 Å². The highest BCUT2D eigenvalue weighted by Crippen LogP contribution is 2.30. The van der Waals surface area contributed by atoms with E-state index in [1.807, 2.05) is 12.1 Å². The predicted molar refractivity (Wildman–Crippen MR) is 147 cm³/mol. The van der Waals surface area contributed by atoms with Crippen molar-refractivity contribution < 1.29 is 29.6 Å². The Morgan fingerprint density at radius 3 is 2.51 bits per heavy atom. The molecule has 3 aromatic carbocycles. The summed E-state index contributed by atoms with van der Waals surface area (Å²) in [5.41, 5.74) is 2.30. The number of aromatic nitrogens is 1. The van der Waals surface area contributed by atoms with Gasteiger partial charge in [-0.25, -0.2) is 0 Å². The minimum absolute atomic E-state index is 0.105. The van der Waals surface area contributed by atoms with Crippen LogP contribution in [0, 0.1) is 0 Å². The minimum Gasteiger partial charge on any atom is -0.480 e. The predicted octanol–water partition coefficient (Wildman–Crippen LogP) is 3.72. The van der Waals surface area contributed by atoms with Crippen LogP contribution in [0.5, 0.6) is 11.5 Å². The van der Waals surface area contributed by atoms with Gasteiger partial charge in [-0.2, -0.15) is 0 Å². The number of carboxylic acids is 1. The lowest BCUT2D eigenvalue weighted by atomic mass is 10.0. The molecule has 202 valence electrons. The van der Waals surface area contributed by atoms with Crippen LogP contribution in [-0.2, 0) is 11.2 Å². The Morgan fingerprint density at radius 1 is 1.03 bits per heavy atom. The number of carbonyl (C=O) groups excluding carboxylic acids is 1. The second-order valence-electron chi connectivity index (χ2n) is 8.90. The number of pyridine rings is 1. The number of halogens is 1. The van der Waals surface area contributed by atoms with Gasteiger partial charge in [-0.1, -0.05) is 41.9 Å². The molecule has 1 aromatic heterocycles. The van der Waals surface area contributed by atoms with Crippen molar-refractivity contribution >= 4 is 34.4 Å². The lowest BCUT2D eigenvalue weighted by Gasteiger charge is -2.19. The van der Waals surface area contributed by atoms with Crippen LogP contribution < -0.4 is 15.4 Å². The summed E-state index contributed by atoms with van der Waals surface area (Å²) in [5.74, 6) is -0.619. The van der Waals surface area contributed by atoms with Gasteiger partial charge in [0.05, 0.1) is 23.8 Å². The number of benzene rings is 3. The maximum absolute atomic E-state index is 12.5. The van der Waals surface area contributed by atoms with E-state index in [2.05, 4.69) is 15.6 Å². The van der Waals surface area contributed by atoms with Crippen LogP contribution >= 0.6 is 11.6 Å². The lowest BCUT2D eigenvalue weighted by molar-refractivity contribution is -0.135. The molecular weight excluding hydrogens is 522 g/mol. The van der Waals surface area contributed by atoms with E-state index in [4.69, 9.17) is 21.4 Å². The van der Waals surface area contributed by atoms with Gasteiger partial charge in [0, 0.05) is 29.2 Å². The number of fused-ring (bicyclic) bond motifs is 1. The number of aliphatic hydroxyl groups excluding tert-OH is 2. The van der Waals surface area contributed by atoms with Gasteiger partial charge < -0.3 is 30.7 Å². The first-order valence-corrected chi connectivity index (χ1v) is 12.6. The Labute approximate surface area is 230 Å². The molecule has 0 fully saturated rings. The molecule has 4 rings (SSSR count). The molecule has 1 amide bonds. The van der Waals surface area contributed by atoms with Gasteiger partial charge in [-0.3, -0.25) is 14.6 Å². The Morgan fingerprint density at radius 2 is 1.79 bits per heavy atom. The first-order valence-electron chi connectivity index (χ1n) is 12.3. The topological polar surface area (TPSA) is 141 Å². The van der Waals surface area contributed by atoms with Gasteiger partial charge in [0.1, 0.15) is 18.0 Å². The number of rotatable bonds is 12. The smallest absolute Gasteiger partial charge is 0.322 e. The number of aliphatic carboxylic acids is 1. The maximum atomic E-state index is 12.5. The lowest BCUT2D eigenvalue weighted by Crippen LogP contribution is -2.37. The zero-order valence-electron chi connectivity index (χ0n) is 20.9. The second-order valence-corrected chi connectivity index (χ2v) is 9.33. The summed E-state index contributed by atoms with van der Waals surface area (Å²) in [6.45, 7) is -0.336. The van der Waals surface area contributed by atoms with Crippen molar-refractivity contribution in [2.24, 2.45) is 0 Å². The molecule has 0 unspecified atom stereocenters. The Bertz CT molecular complexity index is 1450. The molecule has 1 heterocycles. The first-order chi connectivity index (χ1) is 18.8. The van der Waals surface area contributed by atoms with E-state index < -0.39 is 24.5 Å². The number of amides is 1. The van der Waals surface area contributed by atoms with Crippen LogP contribution in [0.3, 0.4) is 0 Å². The van der Waals surface area contributed by atoms with E-state index in [9.17, 15) is 19.8 Å². The molecule has 10 heteroatoms. The summed E-state index contributed by atoms with van der Waals surface area (Å²) in [4.78, 5) is 27.6. The average Bonchev–Trinajstić information content (AvgIpc) is 2.94. The molecule has 0 saturated carbocycles. The maximum Gasteiger partial charge on any atom is 0.322 e. The molecule has 0 spiro atoms. The third-order valence-corrected chi connectivity index (χ3v) is 6.30. The van der Waals surface area contributed by atoms with Crippen LogP contribution in [0.15, 0.2) is 79.0 Å². The molecular formula is C29H28ClN3O6. The Kier molecular flexibility index (Phi) is 9.45. The van der Waals surface area contributed by atoms with Crippen LogP contribution in [0.1, 0.15) is 27.6 Å². The number of para-hydroxylation sites is 1. The van der Waals surface area contributed by atoms with Gasteiger partial charge >= 0.3 is 5.97 Å². The Balaban J connectivity index is 1.40. The number of ether oxygens (including phenoxy) is 1. The molecule has 0 aliphatic carbocycles. The van der Waals surface area contributed by atoms with Crippen molar-refractivity contribution in [2.75, 3.05) is 19.7 Å². The van der Waals surface area contributed by atoms with E-state index in [0.29, 0.717) is 39.4 Å². The molecule has 0 radical (unpaired) electrons. The molecule has 5 N–H and O–H groups in total. The highest BCUT2D eigenvalue weighted by molar-refractivity contribution is 6.30. The van der Waals surface area contributed by atoms with Gasteiger partial charge in [0.2, 0.25) is 0 Å². The van der Waals surface area contributed by atoms with Crippen LogP contribution in [0.4, 0.5) is 0 Å². The molecule has 0 aliphatic heterocycles. The SMILES string of the molecule is O=C(O)CNC(=O)c1cccc2c(Oc3ccc(C[C@@H](CO)NC[C@@H](O)c4cccc(Cl)c4)cc3)ccnc12. The van der Waals surface area contributed by atoms with Crippen molar-refractivity contribution in [3.63, 3.8) is 0 Å². The standard InChI is InChI=1S/C29H28ClN3O6/c30-20-4-1-3-19(14-20)25(35)15-32-21(17-34)13-18-7-9-22(10-8-18)39-26-11-12-31-28-23(26)5-2-6-24(28)29(38)33-16-27(36)37/h1-12,14,21,25,32,34-35H,13,15-17H2,(H,33,38)(H,36,37)/t21-,25+/m0/s1. The minimum atomic E-state index is -1.14. The number of carbonyl (C=O) groups is 2. The monoisotopic (exact) mass is 549 g/mol.